The third-order valence-electron chi connectivity index (χ3n) is 3.28. The van der Waals surface area contributed by atoms with Crippen LogP contribution in [0.25, 0.3) is 11.3 Å². The second-order valence-electron chi connectivity index (χ2n) is 4.79. The standard InChI is InChI=1S/C13H13.C6H6N.2ClH.Ti/c1-10-6-3-4-8-12(10)13-9-5-7-11(13)2;7-6-4-2-1-3-5-6;;;/h3-8H,1,9H2,2H3;1-5,7H;2*1H;/q2*-1;;;+2/p-2. The number of halogens is 2. The summed E-state index contributed by atoms with van der Waals surface area (Å²) in [5.74, 6) is 0. The molecular weight excluding hydrogens is 361 g/mol. The molecule has 1 aliphatic rings. The van der Waals surface area contributed by atoms with Gasteiger partial charge in [0.05, 0.1) is 0 Å². The quantitative estimate of drug-likeness (QED) is 0.491. The zero-order chi connectivity index (χ0) is 14.4. The van der Waals surface area contributed by atoms with Crippen LogP contribution in [0.3, 0.4) is 0 Å². The molecule has 0 bridgehead atoms. The Morgan fingerprint density at radius 1 is 0.913 bits per heavy atom. The first-order chi connectivity index (χ1) is 9.68. The molecule has 0 aliphatic heterocycles. The maximum atomic E-state index is 7.00. The number of hydrogen-bond acceptors (Lipinski definition) is 0. The molecule has 0 fully saturated rings. The zero-order valence-electron chi connectivity index (χ0n) is 13.0. The van der Waals surface area contributed by atoms with Gasteiger partial charge < -0.3 is 30.5 Å². The summed E-state index contributed by atoms with van der Waals surface area (Å²) in [6.45, 7) is 6.20. The number of benzene rings is 2. The Morgan fingerprint density at radius 3 is 1.91 bits per heavy atom. The van der Waals surface area contributed by atoms with Crippen molar-refractivity contribution in [1.29, 1.82) is 0 Å². The van der Waals surface area contributed by atoms with E-state index < -0.39 is 0 Å². The molecule has 0 saturated carbocycles. The van der Waals surface area contributed by atoms with Crippen LogP contribution in [0.2, 0.25) is 0 Å². The molecule has 1 nitrogen and oxygen atoms in total. The normalized spacial score (nSPS) is 11.3. The Kier molecular flexibility index (Phi) is 12.9. The third kappa shape index (κ3) is 7.33. The monoisotopic (exact) mass is 379 g/mol. The van der Waals surface area contributed by atoms with E-state index in [4.69, 9.17) is 5.73 Å². The van der Waals surface area contributed by atoms with Gasteiger partial charge in [-0.05, 0) is 13.3 Å². The minimum absolute atomic E-state index is 0. The fourth-order valence-corrected chi connectivity index (χ4v) is 2.19. The number of nitrogens with one attached hydrogen (secondary N) is 1. The molecule has 4 heteroatoms. The van der Waals surface area contributed by atoms with Crippen molar-refractivity contribution in [1.82, 2.24) is 0 Å². The summed E-state index contributed by atoms with van der Waals surface area (Å²) in [6.07, 6.45) is 5.44. The van der Waals surface area contributed by atoms with Crippen molar-refractivity contribution in [2.24, 2.45) is 0 Å². The summed E-state index contributed by atoms with van der Waals surface area (Å²) < 4.78 is 0. The predicted molar refractivity (Wildman–Crippen MR) is 87.7 cm³/mol. The fraction of sp³-hybridized carbons (Fsp3) is 0.105. The van der Waals surface area contributed by atoms with E-state index in [9.17, 15) is 0 Å². The van der Waals surface area contributed by atoms with Gasteiger partial charge in [-0.15, -0.1) is 23.4 Å². The van der Waals surface area contributed by atoms with Crippen molar-refractivity contribution in [3.63, 3.8) is 0 Å². The van der Waals surface area contributed by atoms with Gasteiger partial charge in [0.1, 0.15) is 0 Å². The summed E-state index contributed by atoms with van der Waals surface area (Å²) in [6, 6.07) is 17.4. The first-order valence-corrected chi connectivity index (χ1v) is 6.73. The summed E-state index contributed by atoms with van der Waals surface area (Å²) in [5.41, 5.74) is 12.8. The van der Waals surface area contributed by atoms with Crippen LogP contribution in [-0.2, 0) is 21.7 Å². The molecular formula is C19H19Cl2NTi-2. The van der Waals surface area contributed by atoms with Gasteiger partial charge in [-0.2, -0.15) is 18.6 Å². The molecule has 0 saturated heterocycles. The Labute approximate surface area is 166 Å². The molecule has 0 amide bonds. The average Bonchev–Trinajstić information content (AvgIpc) is 2.87. The molecule has 23 heavy (non-hydrogen) atoms. The van der Waals surface area contributed by atoms with Crippen molar-refractivity contribution in [3.05, 3.63) is 96.1 Å². The average molecular weight is 380 g/mol. The maximum absolute atomic E-state index is 7.00. The van der Waals surface area contributed by atoms with Crippen molar-refractivity contribution in [3.8, 4) is 0 Å². The van der Waals surface area contributed by atoms with Crippen LogP contribution in [-0.4, -0.2) is 0 Å². The largest absolute Gasteiger partial charge is 2.00 e. The van der Waals surface area contributed by atoms with Crippen LogP contribution in [0, 0.1) is 6.92 Å². The predicted octanol–water partition coefficient (Wildman–Crippen LogP) is -0.0220. The second kappa shape index (κ2) is 12.3. The van der Waals surface area contributed by atoms with Gasteiger partial charge in [-0.1, -0.05) is 59.7 Å². The van der Waals surface area contributed by atoms with Crippen molar-refractivity contribution < 1.29 is 46.5 Å². The third-order valence-corrected chi connectivity index (χ3v) is 3.28. The van der Waals surface area contributed by atoms with Gasteiger partial charge in [-0.3, -0.25) is 0 Å². The van der Waals surface area contributed by atoms with Crippen LogP contribution in [0.4, 0.5) is 5.69 Å². The van der Waals surface area contributed by atoms with E-state index in [0.29, 0.717) is 5.69 Å². The summed E-state index contributed by atoms with van der Waals surface area (Å²) >= 11 is 0. The summed E-state index contributed by atoms with van der Waals surface area (Å²) in [4.78, 5) is 0. The zero-order valence-corrected chi connectivity index (χ0v) is 16.1. The van der Waals surface area contributed by atoms with E-state index in [2.05, 4.69) is 44.2 Å². The van der Waals surface area contributed by atoms with Crippen molar-refractivity contribution >= 4 is 11.3 Å². The van der Waals surface area contributed by atoms with Crippen LogP contribution in [0.5, 0.6) is 0 Å². The summed E-state index contributed by atoms with van der Waals surface area (Å²) in [5, 5.41) is 0. The molecule has 0 aromatic heterocycles. The van der Waals surface area contributed by atoms with E-state index in [1.165, 1.54) is 16.7 Å². The van der Waals surface area contributed by atoms with E-state index >= 15 is 0 Å². The van der Waals surface area contributed by atoms with Crippen LogP contribution >= 0.6 is 0 Å². The van der Waals surface area contributed by atoms with Crippen LogP contribution in [0.1, 0.15) is 24.5 Å². The fourth-order valence-electron chi connectivity index (χ4n) is 2.19. The first-order valence-electron chi connectivity index (χ1n) is 6.73. The van der Waals surface area contributed by atoms with Gasteiger partial charge in [0.15, 0.2) is 0 Å². The Balaban J connectivity index is 0. The maximum Gasteiger partial charge on any atom is 2.00 e. The molecule has 0 atom stereocenters. The Hall–Kier alpha value is -1.12. The Morgan fingerprint density at radius 2 is 1.48 bits per heavy atom. The topological polar surface area (TPSA) is 23.8 Å². The van der Waals surface area contributed by atoms with Crippen molar-refractivity contribution in [2.45, 2.75) is 13.3 Å². The van der Waals surface area contributed by atoms with Gasteiger partial charge in [-0.25, -0.2) is 0 Å². The van der Waals surface area contributed by atoms with Gasteiger partial charge in [0.2, 0.25) is 0 Å². The van der Waals surface area contributed by atoms with Crippen molar-refractivity contribution in [2.75, 3.05) is 0 Å². The summed E-state index contributed by atoms with van der Waals surface area (Å²) in [7, 11) is 0. The molecule has 0 heterocycles. The molecule has 2 aromatic rings. The first kappa shape index (κ1) is 24.1. The Bertz CT molecular complexity index is 637. The van der Waals surface area contributed by atoms with Crippen LogP contribution < -0.4 is 24.8 Å². The molecule has 1 N–H and O–H groups in total. The van der Waals surface area contributed by atoms with Gasteiger partial charge in [0.25, 0.3) is 0 Å². The number of hydrogen-bond donors (Lipinski definition) is 0. The molecule has 0 spiro atoms. The smallest absolute Gasteiger partial charge is 1.00 e. The van der Waals surface area contributed by atoms with Gasteiger partial charge >= 0.3 is 21.7 Å². The minimum Gasteiger partial charge on any atom is -1.00 e. The van der Waals surface area contributed by atoms with E-state index in [-0.39, 0.29) is 46.5 Å². The molecule has 0 radical (unpaired) electrons. The molecule has 0 unspecified atom stereocenters. The molecule has 120 valence electrons. The van der Waals surface area contributed by atoms with E-state index in [1.54, 1.807) is 12.1 Å². The molecule has 1 aliphatic carbocycles. The minimum atomic E-state index is 0. The van der Waals surface area contributed by atoms with E-state index in [0.717, 1.165) is 12.0 Å². The molecule has 3 rings (SSSR count). The number of allylic oxidation sites excluding steroid dienone is 4. The van der Waals surface area contributed by atoms with Crippen LogP contribution in [0.15, 0.2) is 72.3 Å². The molecule has 2 aromatic carbocycles. The number of rotatable bonds is 1. The van der Waals surface area contributed by atoms with Gasteiger partial charge in [0, 0.05) is 0 Å². The SMILES string of the molecule is [CH2-]c1ccccc1C1=C(C)C=CC1.[Cl-].[Cl-].[NH-]c1ccccc1.[Ti+2]. The van der Waals surface area contributed by atoms with E-state index in [1.807, 2.05) is 24.3 Å². The second-order valence-corrected chi connectivity index (χ2v) is 4.79.